The first kappa shape index (κ1) is 11.5. The molecule has 0 amide bonds. The van der Waals surface area contributed by atoms with Crippen molar-refractivity contribution < 1.29 is 4.39 Å². The Morgan fingerprint density at radius 3 is 2.62 bits per heavy atom. The van der Waals surface area contributed by atoms with Gasteiger partial charge in [0.25, 0.3) is 0 Å². The fourth-order valence-electron chi connectivity index (χ4n) is 2.15. The summed E-state index contributed by atoms with van der Waals surface area (Å²) in [5, 5.41) is 3.37. The van der Waals surface area contributed by atoms with E-state index in [9.17, 15) is 4.39 Å². The molecular formula is C12H16ClFN2. The van der Waals surface area contributed by atoms with Crippen molar-refractivity contribution in [1.29, 1.82) is 0 Å². The number of benzene rings is 1. The van der Waals surface area contributed by atoms with E-state index >= 15 is 0 Å². The molecule has 1 aliphatic rings. The van der Waals surface area contributed by atoms with E-state index in [0.29, 0.717) is 17.4 Å². The third-order valence-corrected chi connectivity index (χ3v) is 3.35. The summed E-state index contributed by atoms with van der Waals surface area (Å²) < 4.78 is 13.3. The number of hydrogen-bond acceptors (Lipinski definition) is 2. The van der Waals surface area contributed by atoms with Crippen molar-refractivity contribution in [2.24, 2.45) is 0 Å². The van der Waals surface area contributed by atoms with Gasteiger partial charge in [-0.15, -0.1) is 0 Å². The van der Waals surface area contributed by atoms with Gasteiger partial charge in [-0.25, -0.2) is 4.39 Å². The molecule has 0 aliphatic heterocycles. The van der Waals surface area contributed by atoms with Gasteiger partial charge < -0.3 is 11.1 Å². The highest BCUT2D eigenvalue weighted by Crippen LogP contribution is 2.29. The van der Waals surface area contributed by atoms with Crippen LogP contribution in [0.5, 0.6) is 0 Å². The van der Waals surface area contributed by atoms with Crippen LogP contribution in [0.4, 0.5) is 15.8 Å². The lowest BCUT2D eigenvalue weighted by molar-refractivity contribution is 0.462. The SMILES string of the molecule is Nc1cc(Cl)c(F)cc1NC1CCCCC1. The maximum atomic E-state index is 13.3. The summed E-state index contributed by atoms with van der Waals surface area (Å²) in [5.41, 5.74) is 6.97. The van der Waals surface area contributed by atoms with Gasteiger partial charge >= 0.3 is 0 Å². The lowest BCUT2D eigenvalue weighted by Crippen LogP contribution is -2.22. The Bertz CT molecular complexity index is 376. The molecule has 0 atom stereocenters. The number of nitrogens with one attached hydrogen (secondary N) is 1. The Labute approximate surface area is 100.0 Å². The average Bonchev–Trinajstić information content (AvgIpc) is 2.27. The number of rotatable bonds is 2. The zero-order valence-electron chi connectivity index (χ0n) is 9.10. The van der Waals surface area contributed by atoms with Gasteiger partial charge in [-0.05, 0) is 18.9 Å². The standard InChI is InChI=1S/C12H16ClFN2/c13-9-6-11(15)12(7-10(9)14)16-8-4-2-1-3-5-8/h6-8,16H,1-5,15H2. The summed E-state index contributed by atoms with van der Waals surface area (Å²) in [4.78, 5) is 0. The largest absolute Gasteiger partial charge is 0.397 e. The second kappa shape index (κ2) is 4.91. The van der Waals surface area contributed by atoms with Gasteiger partial charge in [0.2, 0.25) is 0 Å². The first-order valence-electron chi connectivity index (χ1n) is 5.68. The molecule has 1 aliphatic carbocycles. The molecule has 0 unspecified atom stereocenters. The van der Waals surface area contributed by atoms with Crippen LogP contribution in [0, 0.1) is 5.82 Å². The fourth-order valence-corrected chi connectivity index (χ4v) is 2.33. The smallest absolute Gasteiger partial charge is 0.143 e. The second-order valence-electron chi connectivity index (χ2n) is 4.33. The molecule has 3 N–H and O–H groups in total. The van der Waals surface area contributed by atoms with Crippen LogP contribution in [-0.2, 0) is 0 Å². The van der Waals surface area contributed by atoms with E-state index < -0.39 is 5.82 Å². The van der Waals surface area contributed by atoms with E-state index in [1.807, 2.05) is 0 Å². The van der Waals surface area contributed by atoms with Crippen molar-refractivity contribution in [3.05, 3.63) is 23.0 Å². The fraction of sp³-hybridized carbons (Fsp3) is 0.500. The summed E-state index contributed by atoms with van der Waals surface area (Å²) in [6.45, 7) is 0. The molecule has 0 spiro atoms. The molecule has 2 nitrogen and oxygen atoms in total. The molecule has 1 fully saturated rings. The Kier molecular flexibility index (Phi) is 3.54. The van der Waals surface area contributed by atoms with Crippen molar-refractivity contribution in [3.8, 4) is 0 Å². The first-order valence-corrected chi connectivity index (χ1v) is 6.05. The molecule has 0 aromatic heterocycles. The molecule has 16 heavy (non-hydrogen) atoms. The third-order valence-electron chi connectivity index (χ3n) is 3.06. The van der Waals surface area contributed by atoms with Gasteiger partial charge in [0.05, 0.1) is 16.4 Å². The second-order valence-corrected chi connectivity index (χ2v) is 4.74. The van der Waals surface area contributed by atoms with E-state index in [0.717, 1.165) is 12.8 Å². The van der Waals surface area contributed by atoms with Crippen LogP contribution in [0.3, 0.4) is 0 Å². The van der Waals surface area contributed by atoms with E-state index in [1.165, 1.54) is 31.4 Å². The molecule has 0 heterocycles. The van der Waals surface area contributed by atoms with Crippen LogP contribution < -0.4 is 11.1 Å². The topological polar surface area (TPSA) is 38.0 Å². The van der Waals surface area contributed by atoms with Gasteiger partial charge in [0.1, 0.15) is 5.82 Å². The predicted molar refractivity (Wildman–Crippen MR) is 66.3 cm³/mol. The quantitative estimate of drug-likeness (QED) is 0.774. The summed E-state index contributed by atoms with van der Waals surface area (Å²) in [6.07, 6.45) is 6.01. The Morgan fingerprint density at radius 1 is 1.25 bits per heavy atom. The van der Waals surface area contributed by atoms with Gasteiger partial charge in [0, 0.05) is 12.1 Å². The van der Waals surface area contributed by atoms with Crippen LogP contribution in [-0.4, -0.2) is 6.04 Å². The number of nitrogens with two attached hydrogens (primary N) is 1. The third kappa shape index (κ3) is 2.59. The molecule has 1 saturated carbocycles. The highest BCUT2D eigenvalue weighted by atomic mass is 35.5. The van der Waals surface area contributed by atoms with Gasteiger partial charge in [0.15, 0.2) is 0 Å². The normalized spacial score (nSPS) is 17.4. The van der Waals surface area contributed by atoms with Gasteiger partial charge in [-0.1, -0.05) is 30.9 Å². The van der Waals surface area contributed by atoms with Crippen molar-refractivity contribution in [2.75, 3.05) is 11.1 Å². The van der Waals surface area contributed by atoms with Crippen LogP contribution in [0.25, 0.3) is 0 Å². The van der Waals surface area contributed by atoms with Crippen molar-refractivity contribution in [2.45, 2.75) is 38.1 Å². The first-order chi connectivity index (χ1) is 7.66. The summed E-state index contributed by atoms with van der Waals surface area (Å²) in [7, 11) is 0. The molecular weight excluding hydrogens is 227 g/mol. The maximum absolute atomic E-state index is 13.3. The Hall–Kier alpha value is -0.960. The van der Waals surface area contributed by atoms with Crippen LogP contribution in [0.1, 0.15) is 32.1 Å². The lowest BCUT2D eigenvalue weighted by Gasteiger charge is -2.24. The average molecular weight is 243 g/mol. The maximum Gasteiger partial charge on any atom is 0.143 e. The molecule has 2 rings (SSSR count). The lowest BCUT2D eigenvalue weighted by atomic mass is 9.95. The minimum atomic E-state index is -0.422. The molecule has 1 aromatic carbocycles. The van der Waals surface area contributed by atoms with Crippen molar-refractivity contribution in [3.63, 3.8) is 0 Å². The molecule has 1 aromatic rings. The molecule has 4 heteroatoms. The van der Waals surface area contributed by atoms with E-state index in [2.05, 4.69) is 5.32 Å². The summed E-state index contributed by atoms with van der Waals surface area (Å²) >= 11 is 5.65. The monoisotopic (exact) mass is 242 g/mol. The number of hydrogen-bond donors (Lipinski definition) is 2. The van der Waals surface area contributed by atoms with Crippen LogP contribution >= 0.6 is 11.6 Å². The summed E-state index contributed by atoms with van der Waals surface area (Å²) in [6, 6.07) is 3.26. The number of nitrogen functional groups attached to an aromatic ring is 1. The van der Waals surface area contributed by atoms with Crippen molar-refractivity contribution in [1.82, 2.24) is 0 Å². The Balaban J connectivity index is 2.11. The van der Waals surface area contributed by atoms with Crippen molar-refractivity contribution >= 4 is 23.0 Å². The molecule has 0 bridgehead atoms. The summed E-state index contributed by atoms with van der Waals surface area (Å²) in [5.74, 6) is -0.422. The molecule has 0 saturated heterocycles. The highest BCUT2D eigenvalue weighted by molar-refractivity contribution is 6.31. The molecule has 0 radical (unpaired) electrons. The zero-order chi connectivity index (χ0) is 11.5. The van der Waals surface area contributed by atoms with E-state index in [4.69, 9.17) is 17.3 Å². The zero-order valence-corrected chi connectivity index (χ0v) is 9.86. The number of anilines is 2. The van der Waals surface area contributed by atoms with Gasteiger partial charge in [-0.2, -0.15) is 0 Å². The van der Waals surface area contributed by atoms with Crippen LogP contribution in [0.2, 0.25) is 5.02 Å². The predicted octanol–water partition coefficient (Wildman–Crippen LogP) is 3.81. The Morgan fingerprint density at radius 2 is 1.94 bits per heavy atom. The van der Waals surface area contributed by atoms with E-state index in [-0.39, 0.29) is 5.02 Å². The van der Waals surface area contributed by atoms with Crippen LogP contribution in [0.15, 0.2) is 12.1 Å². The minimum absolute atomic E-state index is 0.0756. The van der Waals surface area contributed by atoms with E-state index in [1.54, 1.807) is 0 Å². The highest BCUT2D eigenvalue weighted by Gasteiger charge is 2.15. The number of halogens is 2. The molecule has 88 valence electrons. The minimum Gasteiger partial charge on any atom is -0.397 e. The van der Waals surface area contributed by atoms with Gasteiger partial charge in [-0.3, -0.25) is 0 Å².